The van der Waals surface area contributed by atoms with Gasteiger partial charge in [-0.3, -0.25) is 4.98 Å². The number of hydrogen-bond donors (Lipinski definition) is 1. The highest BCUT2D eigenvalue weighted by atomic mass is 19.1. The monoisotopic (exact) mass is 244 g/mol. The van der Waals surface area contributed by atoms with Crippen LogP contribution in [0.4, 0.5) is 4.39 Å². The number of halogens is 1. The molecule has 0 atom stereocenters. The maximum Gasteiger partial charge on any atom is 0.132 e. The Labute approximate surface area is 107 Å². The summed E-state index contributed by atoms with van der Waals surface area (Å²) in [4.78, 5) is 4.16. The summed E-state index contributed by atoms with van der Waals surface area (Å²) in [6.07, 6.45) is 1.67. The van der Waals surface area contributed by atoms with Crippen molar-refractivity contribution in [3.8, 4) is 11.3 Å². The fourth-order valence-electron chi connectivity index (χ4n) is 1.72. The molecule has 18 heavy (non-hydrogen) atoms. The molecule has 0 saturated heterocycles. The lowest BCUT2D eigenvalue weighted by molar-refractivity contribution is 0.582. The summed E-state index contributed by atoms with van der Waals surface area (Å²) in [7, 11) is 0. The summed E-state index contributed by atoms with van der Waals surface area (Å²) < 4.78 is 14.0. The molecule has 0 aliphatic rings. The van der Waals surface area contributed by atoms with Crippen LogP contribution in [-0.4, -0.2) is 11.0 Å². The average Bonchev–Trinajstić information content (AvgIpc) is 2.37. The molecule has 1 aromatic heterocycles. The Morgan fingerprint density at radius 1 is 1.22 bits per heavy atom. The van der Waals surface area contributed by atoms with E-state index in [1.54, 1.807) is 18.3 Å². The minimum atomic E-state index is -0.225. The first-order valence-electron chi connectivity index (χ1n) is 6.10. The molecule has 1 N–H and O–H groups in total. The largest absolute Gasteiger partial charge is 0.310 e. The Kier molecular flexibility index (Phi) is 4.05. The van der Waals surface area contributed by atoms with Gasteiger partial charge in [0.15, 0.2) is 0 Å². The minimum Gasteiger partial charge on any atom is -0.310 e. The zero-order valence-corrected chi connectivity index (χ0v) is 10.7. The molecule has 2 nitrogen and oxygen atoms in total. The fourth-order valence-corrected chi connectivity index (χ4v) is 1.72. The molecule has 94 valence electrons. The van der Waals surface area contributed by atoms with Crippen molar-refractivity contribution in [3.63, 3.8) is 0 Å². The maximum atomic E-state index is 14.0. The van der Waals surface area contributed by atoms with Crippen LogP contribution in [0.25, 0.3) is 11.3 Å². The van der Waals surface area contributed by atoms with Crippen LogP contribution in [0.2, 0.25) is 0 Å². The molecule has 0 amide bonds. The van der Waals surface area contributed by atoms with E-state index in [-0.39, 0.29) is 5.82 Å². The zero-order valence-electron chi connectivity index (χ0n) is 10.7. The van der Waals surface area contributed by atoms with Gasteiger partial charge in [0, 0.05) is 24.3 Å². The predicted molar refractivity (Wildman–Crippen MR) is 71.6 cm³/mol. The lowest BCUT2D eigenvalue weighted by Crippen LogP contribution is -2.21. The smallest absolute Gasteiger partial charge is 0.132 e. The quantitative estimate of drug-likeness (QED) is 0.891. The van der Waals surface area contributed by atoms with E-state index in [4.69, 9.17) is 0 Å². The standard InChI is InChI=1S/C15H17FN2/c1-11(2)18-10-12-6-7-13(14(16)9-12)15-5-3-4-8-17-15/h3-9,11,18H,10H2,1-2H3. The van der Waals surface area contributed by atoms with E-state index in [2.05, 4.69) is 24.1 Å². The van der Waals surface area contributed by atoms with E-state index >= 15 is 0 Å². The summed E-state index contributed by atoms with van der Waals surface area (Å²) in [6.45, 7) is 4.81. The molecule has 2 aromatic rings. The number of hydrogen-bond acceptors (Lipinski definition) is 2. The summed E-state index contributed by atoms with van der Waals surface area (Å²) in [5.41, 5.74) is 2.16. The third-order valence-electron chi connectivity index (χ3n) is 2.69. The van der Waals surface area contributed by atoms with Crippen LogP contribution < -0.4 is 5.32 Å². The van der Waals surface area contributed by atoms with Crippen molar-refractivity contribution in [3.05, 3.63) is 54.0 Å². The van der Waals surface area contributed by atoms with Crippen LogP contribution >= 0.6 is 0 Å². The first-order valence-corrected chi connectivity index (χ1v) is 6.10. The van der Waals surface area contributed by atoms with Crippen LogP contribution in [-0.2, 0) is 6.54 Å². The molecule has 1 aromatic carbocycles. The molecular weight excluding hydrogens is 227 g/mol. The van der Waals surface area contributed by atoms with E-state index < -0.39 is 0 Å². The SMILES string of the molecule is CC(C)NCc1ccc(-c2ccccn2)c(F)c1. The first kappa shape index (κ1) is 12.7. The Hall–Kier alpha value is -1.74. The Morgan fingerprint density at radius 3 is 2.67 bits per heavy atom. The third-order valence-corrected chi connectivity index (χ3v) is 2.69. The molecule has 0 bridgehead atoms. The van der Waals surface area contributed by atoms with E-state index in [0.717, 1.165) is 5.56 Å². The van der Waals surface area contributed by atoms with Crippen molar-refractivity contribution < 1.29 is 4.39 Å². The molecule has 0 saturated carbocycles. The van der Waals surface area contributed by atoms with Crippen LogP contribution in [0.5, 0.6) is 0 Å². The second kappa shape index (κ2) is 5.74. The van der Waals surface area contributed by atoms with Gasteiger partial charge in [-0.2, -0.15) is 0 Å². The van der Waals surface area contributed by atoms with Gasteiger partial charge in [0.2, 0.25) is 0 Å². The normalized spacial score (nSPS) is 10.9. The molecule has 2 rings (SSSR count). The fraction of sp³-hybridized carbons (Fsp3) is 0.267. The van der Waals surface area contributed by atoms with Gasteiger partial charge in [-0.1, -0.05) is 26.0 Å². The van der Waals surface area contributed by atoms with E-state index in [9.17, 15) is 4.39 Å². The maximum absolute atomic E-state index is 14.0. The zero-order chi connectivity index (χ0) is 13.0. The summed E-state index contributed by atoms with van der Waals surface area (Å²) in [5, 5.41) is 3.27. The highest BCUT2D eigenvalue weighted by molar-refractivity contribution is 5.60. The van der Waals surface area contributed by atoms with Crippen LogP contribution in [0.3, 0.4) is 0 Å². The summed E-state index contributed by atoms with van der Waals surface area (Å²) in [6, 6.07) is 11.2. The molecule has 0 radical (unpaired) electrons. The topological polar surface area (TPSA) is 24.9 Å². The van der Waals surface area contributed by atoms with Gasteiger partial charge in [0.05, 0.1) is 5.69 Å². The van der Waals surface area contributed by atoms with Gasteiger partial charge < -0.3 is 5.32 Å². The number of nitrogens with zero attached hydrogens (tertiary/aromatic N) is 1. The molecule has 0 aliphatic carbocycles. The predicted octanol–water partition coefficient (Wildman–Crippen LogP) is 3.39. The summed E-state index contributed by atoms with van der Waals surface area (Å²) >= 11 is 0. The first-order chi connectivity index (χ1) is 8.66. The van der Waals surface area contributed by atoms with Crippen LogP contribution in [0, 0.1) is 5.82 Å². The Morgan fingerprint density at radius 2 is 2.06 bits per heavy atom. The van der Waals surface area contributed by atoms with Gasteiger partial charge in [0.1, 0.15) is 5.82 Å². The molecule has 0 fully saturated rings. The minimum absolute atomic E-state index is 0.225. The Balaban J connectivity index is 2.20. The molecule has 0 unspecified atom stereocenters. The number of aromatic nitrogens is 1. The molecule has 1 heterocycles. The Bertz CT molecular complexity index is 509. The van der Waals surface area contributed by atoms with Crippen molar-refractivity contribution >= 4 is 0 Å². The second-order valence-electron chi connectivity index (χ2n) is 4.56. The van der Waals surface area contributed by atoms with Gasteiger partial charge in [-0.15, -0.1) is 0 Å². The average molecular weight is 244 g/mol. The van der Waals surface area contributed by atoms with Gasteiger partial charge in [0.25, 0.3) is 0 Å². The van der Waals surface area contributed by atoms with Crippen molar-refractivity contribution in [1.29, 1.82) is 0 Å². The number of pyridine rings is 1. The number of benzene rings is 1. The molecule has 0 spiro atoms. The number of rotatable bonds is 4. The molecule has 0 aliphatic heterocycles. The number of nitrogens with one attached hydrogen (secondary N) is 1. The van der Waals surface area contributed by atoms with Crippen molar-refractivity contribution in [2.24, 2.45) is 0 Å². The second-order valence-corrected chi connectivity index (χ2v) is 4.56. The van der Waals surface area contributed by atoms with Crippen molar-refractivity contribution in [2.45, 2.75) is 26.4 Å². The van der Waals surface area contributed by atoms with Crippen molar-refractivity contribution in [1.82, 2.24) is 10.3 Å². The lowest BCUT2D eigenvalue weighted by atomic mass is 10.1. The van der Waals surface area contributed by atoms with Crippen LogP contribution in [0.15, 0.2) is 42.6 Å². The highest BCUT2D eigenvalue weighted by Crippen LogP contribution is 2.21. The van der Waals surface area contributed by atoms with Crippen LogP contribution in [0.1, 0.15) is 19.4 Å². The van der Waals surface area contributed by atoms with Gasteiger partial charge >= 0.3 is 0 Å². The van der Waals surface area contributed by atoms with Gasteiger partial charge in [-0.25, -0.2) is 4.39 Å². The third kappa shape index (κ3) is 3.14. The lowest BCUT2D eigenvalue weighted by Gasteiger charge is -2.09. The van der Waals surface area contributed by atoms with E-state index in [1.807, 2.05) is 24.3 Å². The highest BCUT2D eigenvalue weighted by Gasteiger charge is 2.07. The van der Waals surface area contributed by atoms with Gasteiger partial charge in [-0.05, 0) is 29.8 Å². The van der Waals surface area contributed by atoms with E-state index in [1.165, 1.54) is 0 Å². The van der Waals surface area contributed by atoms with Crippen molar-refractivity contribution in [2.75, 3.05) is 0 Å². The van der Waals surface area contributed by atoms with E-state index in [0.29, 0.717) is 23.8 Å². The molecular formula is C15H17FN2. The summed E-state index contributed by atoms with van der Waals surface area (Å²) in [5.74, 6) is -0.225. The molecule has 3 heteroatoms.